The zero-order valence-electron chi connectivity index (χ0n) is 19.4. The quantitative estimate of drug-likeness (QED) is 0.441. The molecule has 2 fully saturated rings. The van der Waals surface area contributed by atoms with E-state index in [1.807, 2.05) is 64.4 Å². The average molecular weight is 482 g/mol. The maximum atomic E-state index is 13.1. The Morgan fingerprint density at radius 2 is 1.46 bits per heavy atom. The summed E-state index contributed by atoms with van der Waals surface area (Å²) >= 11 is 1.57. The molecule has 5 nitrogen and oxygen atoms in total. The summed E-state index contributed by atoms with van der Waals surface area (Å²) in [5.74, 6) is 0.207. The normalized spacial score (nSPS) is 18.1. The van der Waals surface area contributed by atoms with Crippen molar-refractivity contribution in [1.29, 1.82) is 0 Å². The molecule has 176 valence electrons. The van der Waals surface area contributed by atoms with Crippen molar-refractivity contribution in [2.75, 3.05) is 26.2 Å². The van der Waals surface area contributed by atoms with E-state index in [0.717, 1.165) is 40.0 Å². The summed E-state index contributed by atoms with van der Waals surface area (Å²) in [6.07, 6.45) is 0.948. The van der Waals surface area contributed by atoms with E-state index < -0.39 is 0 Å². The molecule has 1 aromatic heterocycles. The van der Waals surface area contributed by atoms with Gasteiger partial charge in [-0.3, -0.25) is 9.59 Å². The Labute approximate surface area is 209 Å². The van der Waals surface area contributed by atoms with Gasteiger partial charge in [0.2, 0.25) is 0 Å². The molecule has 2 aliphatic rings. The number of nitrogens with zero attached hydrogens (tertiary/aromatic N) is 2. The third-order valence-electron chi connectivity index (χ3n) is 6.97. The fourth-order valence-corrected chi connectivity index (χ4v) is 6.10. The second kappa shape index (κ2) is 9.29. The molecule has 1 N–H and O–H groups in total. The van der Waals surface area contributed by atoms with Crippen LogP contribution in [0.3, 0.4) is 0 Å². The second-order valence-corrected chi connectivity index (χ2v) is 10.5. The van der Waals surface area contributed by atoms with Gasteiger partial charge in [0, 0.05) is 48.5 Å². The van der Waals surface area contributed by atoms with Crippen LogP contribution in [0, 0.1) is 0 Å². The second-order valence-electron chi connectivity index (χ2n) is 9.41. The summed E-state index contributed by atoms with van der Waals surface area (Å²) in [6.45, 7) is 2.92. The van der Waals surface area contributed by atoms with Gasteiger partial charge < -0.3 is 15.1 Å². The smallest absolute Gasteiger partial charge is 0.264 e. The molecule has 35 heavy (non-hydrogen) atoms. The van der Waals surface area contributed by atoms with Gasteiger partial charge in [-0.05, 0) is 47.2 Å². The number of carbonyl (C=O) groups excluding carboxylic acids is 2. The number of likely N-dealkylation sites (tertiary alicyclic amines) is 2. The topological polar surface area (TPSA) is 52.7 Å². The lowest BCUT2D eigenvalue weighted by atomic mass is 10.0. The molecule has 6 heteroatoms. The van der Waals surface area contributed by atoms with Gasteiger partial charge in [-0.15, -0.1) is 11.3 Å². The average Bonchev–Trinajstić information content (AvgIpc) is 3.53. The molecular weight excluding hydrogens is 454 g/mol. The number of amides is 2. The number of rotatable bonds is 5. The van der Waals surface area contributed by atoms with Crippen molar-refractivity contribution in [2.24, 2.45) is 0 Å². The van der Waals surface area contributed by atoms with Crippen LogP contribution in [0.1, 0.15) is 26.5 Å². The first kappa shape index (κ1) is 22.0. The van der Waals surface area contributed by atoms with Crippen LogP contribution in [0.15, 0.2) is 84.9 Å². The number of thiophene rings is 1. The highest BCUT2D eigenvalue weighted by Gasteiger charge is 2.35. The number of nitrogens with one attached hydrogen (secondary N) is 1. The Morgan fingerprint density at radius 1 is 0.743 bits per heavy atom. The zero-order valence-corrected chi connectivity index (χ0v) is 20.2. The lowest BCUT2D eigenvalue weighted by Crippen LogP contribution is -2.61. The third kappa shape index (κ3) is 4.47. The first-order valence-corrected chi connectivity index (χ1v) is 12.9. The fraction of sp³-hybridized carbons (Fsp3) is 0.241. The molecule has 2 saturated heterocycles. The number of fused-ring (bicyclic) bond motifs is 1. The molecule has 1 unspecified atom stereocenters. The molecule has 0 saturated carbocycles. The van der Waals surface area contributed by atoms with E-state index in [9.17, 15) is 9.59 Å². The lowest BCUT2D eigenvalue weighted by Gasteiger charge is -2.40. The Hall–Kier alpha value is -3.48. The van der Waals surface area contributed by atoms with Crippen LogP contribution in [-0.4, -0.2) is 59.9 Å². The van der Waals surface area contributed by atoms with Crippen molar-refractivity contribution in [2.45, 2.75) is 18.5 Å². The van der Waals surface area contributed by atoms with Crippen LogP contribution in [0.4, 0.5) is 0 Å². The van der Waals surface area contributed by atoms with Crippen molar-refractivity contribution >= 4 is 33.2 Å². The van der Waals surface area contributed by atoms with Crippen LogP contribution >= 0.6 is 11.3 Å². The highest BCUT2D eigenvalue weighted by atomic mass is 32.1. The van der Waals surface area contributed by atoms with Gasteiger partial charge in [0.25, 0.3) is 11.8 Å². The van der Waals surface area contributed by atoms with Crippen LogP contribution < -0.4 is 5.32 Å². The summed E-state index contributed by atoms with van der Waals surface area (Å²) in [6, 6.07) is 28.8. The molecular formula is C29H27N3O2S. The number of hydrogen-bond acceptors (Lipinski definition) is 4. The highest BCUT2D eigenvalue weighted by molar-refractivity contribution is 7.20. The summed E-state index contributed by atoms with van der Waals surface area (Å²) in [4.78, 5) is 30.4. The summed E-state index contributed by atoms with van der Waals surface area (Å²) in [7, 11) is 0. The standard InChI is InChI=1S/C29H27N3O2S/c33-28(21-9-5-2-6-10-21)31-14-13-24(17-31)30-25-18-32(19-25)29(34)27-16-23-12-11-22(15-26(23)35-27)20-7-3-1-4-8-20/h1-12,15-16,24-25,30H,13-14,17-19H2. The molecule has 1 atom stereocenters. The lowest BCUT2D eigenvalue weighted by molar-refractivity contribution is 0.0558. The minimum atomic E-state index is 0.0977. The van der Waals surface area contributed by atoms with E-state index in [1.165, 1.54) is 11.1 Å². The predicted octanol–water partition coefficient (Wildman–Crippen LogP) is 4.90. The van der Waals surface area contributed by atoms with E-state index in [0.29, 0.717) is 13.1 Å². The van der Waals surface area contributed by atoms with Crippen molar-refractivity contribution in [1.82, 2.24) is 15.1 Å². The van der Waals surface area contributed by atoms with Crippen LogP contribution in [-0.2, 0) is 0 Å². The number of carbonyl (C=O) groups is 2. The van der Waals surface area contributed by atoms with Crippen LogP contribution in [0.25, 0.3) is 21.2 Å². The van der Waals surface area contributed by atoms with Gasteiger partial charge in [0.05, 0.1) is 4.88 Å². The van der Waals surface area contributed by atoms with Gasteiger partial charge in [-0.2, -0.15) is 0 Å². The molecule has 0 bridgehead atoms. The van der Waals surface area contributed by atoms with Crippen molar-refractivity contribution in [3.63, 3.8) is 0 Å². The van der Waals surface area contributed by atoms with E-state index in [-0.39, 0.29) is 23.9 Å². The van der Waals surface area contributed by atoms with Crippen LogP contribution in [0.2, 0.25) is 0 Å². The Bertz CT molecular complexity index is 1360. The largest absolute Gasteiger partial charge is 0.337 e. The minimum absolute atomic E-state index is 0.0977. The Kier molecular flexibility index (Phi) is 5.84. The fourth-order valence-electron chi connectivity index (χ4n) is 5.03. The number of hydrogen-bond donors (Lipinski definition) is 1. The summed E-state index contributed by atoms with van der Waals surface area (Å²) < 4.78 is 1.14. The molecule has 3 aromatic carbocycles. The molecule has 4 aromatic rings. The Morgan fingerprint density at radius 3 is 2.23 bits per heavy atom. The maximum absolute atomic E-state index is 13.1. The molecule has 6 rings (SSSR count). The third-order valence-corrected chi connectivity index (χ3v) is 8.06. The predicted molar refractivity (Wildman–Crippen MR) is 141 cm³/mol. The van der Waals surface area contributed by atoms with Gasteiger partial charge in [-0.1, -0.05) is 60.7 Å². The van der Waals surface area contributed by atoms with Crippen molar-refractivity contribution in [3.8, 4) is 11.1 Å². The number of benzene rings is 3. The van der Waals surface area contributed by atoms with E-state index >= 15 is 0 Å². The maximum Gasteiger partial charge on any atom is 0.264 e. The molecule has 2 aliphatic heterocycles. The molecule has 0 radical (unpaired) electrons. The van der Waals surface area contributed by atoms with E-state index in [1.54, 1.807) is 11.3 Å². The van der Waals surface area contributed by atoms with Gasteiger partial charge in [-0.25, -0.2) is 0 Å². The van der Waals surface area contributed by atoms with Gasteiger partial charge >= 0.3 is 0 Å². The van der Waals surface area contributed by atoms with Gasteiger partial charge in [0.15, 0.2) is 0 Å². The highest BCUT2D eigenvalue weighted by Crippen LogP contribution is 2.32. The zero-order chi connectivity index (χ0) is 23.8. The van der Waals surface area contributed by atoms with Crippen molar-refractivity contribution in [3.05, 3.63) is 95.4 Å². The molecule has 3 heterocycles. The van der Waals surface area contributed by atoms with Crippen molar-refractivity contribution < 1.29 is 9.59 Å². The first-order valence-electron chi connectivity index (χ1n) is 12.1. The first-order chi connectivity index (χ1) is 17.1. The Balaban J connectivity index is 1.04. The molecule has 0 spiro atoms. The van der Waals surface area contributed by atoms with E-state index in [4.69, 9.17) is 0 Å². The van der Waals surface area contributed by atoms with Crippen LogP contribution in [0.5, 0.6) is 0 Å². The monoisotopic (exact) mass is 481 g/mol. The van der Waals surface area contributed by atoms with E-state index in [2.05, 4.69) is 35.6 Å². The summed E-state index contributed by atoms with van der Waals surface area (Å²) in [5, 5.41) is 4.77. The summed E-state index contributed by atoms with van der Waals surface area (Å²) in [5.41, 5.74) is 3.10. The molecule has 2 amide bonds. The van der Waals surface area contributed by atoms with Gasteiger partial charge in [0.1, 0.15) is 0 Å². The molecule has 0 aliphatic carbocycles. The minimum Gasteiger partial charge on any atom is -0.337 e. The SMILES string of the molecule is O=C(c1ccccc1)N1CCC(NC2CN(C(=O)c3cc4ccc(-c5ccccc5)cc4s3)C2)C1.